The van der Waals surface area contributed by atoms with Crippen LogP contribution >= 0.6 is 28.1 Å². The fraction of sp³-hybridized carbons (Fsp3) is 0.429. The maximum atomic E-state index is 5.67. The van der Waals surface area contributed by atoms with E-state index in [9.17, 15) is 0 Å². The molecule has 5 nitrogen and oxygen atoms in total. The molecule has 0 aromatic heterocycles. The Kier molecular flexibility index (Phi) is 8.07. The standard InChI is InChI=1S/C14H20BrN3O2S/c1-4-6-20-13-11(15)7-10(8-12(13)19-3)9-17-18-14(21)16-5-2/h7-9H,4-6H2,1-3H3,(H2,16,18,21)/b17-9+. The molecule has 116 valence electrons. The maximum Gasteiger partial charge on any atom is 0.186 e. The van der Waals surface area contributed by atoms with Gasteiger partial charge in [-0.05, 0) is 59.2 Å². The second-order valence-electron chi connectivity index (χ2n) is 4.11. The summed E-state index contributed by atoms with van der Waals surface area (Å²) in [5, 5.41) is 7.51. The Morgan fingerprint density at radius 1 is 1.43 bits per heavy atom. The van der Waals surface area contributed by atoms with E-state index in [0.717, 1.165) is 23.0 Å². The fourth-order valence-corrected chi connectivity index (χ4v) is 2.30. The first kappa shape index (κ1) is 17.7. The first-order valence-electron chi connectivity index (χ1n) is 6.69. The molecule has 0 atom stereocenters. The van der Waals surface area contributed by atoms with Crippen molar-refractivity contribution in [1.29, 1.82) is 0 Å². The number of benzene rings is 1. The number of hydrogen-bond acceptors (Lipinski definition) is 4. The van der Waals surface area contributed by atoms with Gasteiger partial charge in [0.1, 0.15) is 0 Å². The highest BCUT2D eigenvalue weighted by atomic mass is 79.9. The van der Waals surface area contributed by atoms with Crippen LogP contribution in [-0.2, 0) is 0 Å². The van der Waals surface area contributed by atoms with Crippen molar-refractivity contribution in [2.75, 3.05) is 20.3 Å². The van der Waals surface area contributed by atoms with Gasteiger partial charge < -0.3 is 14.8 Å². The van der Waals surface area contributed by atoms with Crippen LogP contribution in [0.25, 0.3) is 0 Å². The van der Waals surface area contributed by atoms with E-state index in [0.29, 0.717) is 23.2 Å². The van der Waals surface area contributed by atoms with Crippen molar-refractivity contribution in [1.82, 2.24) is 10.7 Å². The molecule has 1 aromatic carbocycles. The summed E-state index contributed by atoms with van der Waals surface area (Å²) >= 11 is 8.51. The fourth-order valence-electron chi connectivity index (χ4n) is 1.52. The Hall–Kier alpha value is -1.34. The van der Waals surface area contributed by atoms with Crippen molar-refractivity contribution >= 4 is 39.5 Å². The third kappa shape index (κ3) is 5.89. The SMILES string of the molecule is CCCOc1c(Br)cc(/C=N/NC(=S)NCC)cc1OC. The van der Waals surface area contributed by atoms with E-state index < -0.39 is 0 Å². The Balaban J connectivity index is 2.82. The molecule has 0 spiro atoms. The molecule has 0 unspecified atom stereocenters. The third-order valence-electron chi connectivity index (χ3n) is 2.42. The zero-order valence-corrected chi connectivity index (χ0v) is 14.8. The summed E-state index contributed by atoms with van der Waals surface area (Å²) < 4.78 is 11.9. The minimum Gasteiger partial charge on any atom is -0.493 e. The van der Waals surface area contributed by atoms with Crippen molar-refractivity contribution in [3.05, 3.63) is 22.2 Å². The summed E-state index contributed by atoms with van der Waals surface area (Å²) in [5.41, 5.74) is 3.61. The third-order valence-corrected chi connectivity index (χ3v) is 3.24. The van der Waals surface area contributed by atoms with Crippen molar-refractivity contribution in [3.8, 4) is 11.5 Å². The molecule has 0 heterocycles. The lowest BCUT2D eigenvalue weighted by Crippen LogP contribution is -2.31. The Labute approximate surface area is 139 Å². The summed E-state index contributed by atoms with van der Waals surface area (Å²) in [7, 11) is 1.61. The smallest absolute Gasteiger partial charge is 0.186 e. The van der Waals surface area contributed by atoms with Crippen molar-refractivity contribution in [3.63, 3.8) is 0 Å². The predicted octanol–water partition coefficient (Wildman–Crippen LogP) is 3.06. The molecule has 0 saturated heterocycles. The van der Waals surface area contributed by atoms with Crippen LogP contribution in [0.2, 0.25) is 0 Å². The molecule has 21 heavy (non-hydrogen) atoms. The lowest BCUT2D eigenvalue weighted by Gasteiger charge is -2.12. The molecular formula is C14H20BrN3O2S. The van der Waals surface area contributed by atoms with E-state index in [2.05, 4.69) is 38.7 Å². The zero-order chi connectivity index (χ0) is 15.7. The van der Waals surface area contributed by atoms with E-state index in [-0.39, 0.29) is 0 Å². The summed E-state index contributed by atoms with van der Waals surface area (Å²) in [5.74, 6) is 1.36. The zero-order valence-electron chi connectivity index (χ0n) is 12.4. The van der Waals surface area contributed by atoms with Crippen LogP contribution < -0.4 is 20.2 Å². The van der Waals surface area contributed by atoms with E-state index >= 15 is 0 Å². The number of nitrogens with one attached hydrogen (secondary N) is 2. The van der Waals surface area contributed by atoms with Gasteiger partial charge in [0.2, 0.25) is 0 Å². The van der Waals surface area contributed by atoms with Gasteiger partial charge in [-0.2, -0.15) is 5.10 Å². The van der Waals surface area contributed by atoms with Gasteiger partial charge in [-0.1, -0.05) is 6.92 Å². The van der Waals surface area contributed by atoms with Crippen molar-refractivity contribution < 1.29 is 9.47 Å². The Bertz CT molecular complexity index is 509. The van der Waals surface area contributed by atoms with Crippen LogP contribution in [0, 0.1) is 0 Å². The van der Waals surface area contributed by atoms with Gasteiger partial charge in [-0.25, -0.2) is 0 Å². The lowest BCUT2D eigenvalue weighted by atomic mass is 10.2. The average Bonchev–Trinajstić information content (AvgIpc) is 2.46. The molecule has 0 aliphatic rings. The number of halogens is 1. The van der Waals surface area contributed by atoms with Gasteiger partial charge >= 0.3 is 0 Å². The number of ether oxygens (including phenoxy) is 2. The molecule has 0 amide bonds. The topological polar surface area (TPSA) is 54.9 Å². The van der Waals surface area contributed by atoms with Crippen LogP contribution in [0.5, 0.6) is 11.5 Å². The van der Waals surface area contributed by atoms with Crippen LogP contribution in [-0.4, -0.2) is 31.6 Å². The summed E-state index contributed by atoms with van der Waals surface area (Å²) in [4.78, 5) is 0. The number of methoxy groups -OCH3 is 1. The monoisotopic (exact) mass is 373 g/mol. The molecule has 0 aliphatic heterocycles. The van der Waals surface area contributed by atoms with Crippen molar-refractivity contribution in [2.45, 2.75) is 20.3 Å². The van der Waals surface area contributed by atoms with Crippen LogP contribution in [0.15, 0.2) is 21.7 Å². The van der Waals surface area contributed by atoms with Gasteiger partial charge in [0.05, 0.1) is 24.4 Å². The van der Waals surface area contributed by atoms with Gasteiger partial charge in [-0.15, -0.1) is 0 Å². The lowest BCUT2D eigenvalue weighted by molar-refractivity contribution is 0.292. The normalized spacial score (nSPS) is 10.5. The number of hydrazone groups is 1. The second-order valence-corrected chi connectivity index (χ2v) is 5.37. The highest BCUT2D eigenvalue weighted by Crippen LogP contribution is 2.36. The van der Waals surface area contributed by atoms with Gasteiger partial charge in [0.15, 0.2) is 16.6 Å². The maximum absolute atomic E-state index is 5.67. The first-order chi connectivity index (χ1) is 10.1. The number of hydrogen-bond donors (Lipinski definition) is 2. The largest absolute Gasteiger partial charge is 0.493 e. The number of rotatable bonds is 7. The van der Waals surface area contributed by atoms with Crippen molar-refractivity contribution in [2.24, 2.45) is 5.10 Å². The van der Waals surface area contributed by atoms with E-state index in [4.69, 9.17) is 21.7 Å². The second kappa shape index (κ2) is 9.57. The molecule has 0 fully saturated rings. The van der Waals surface area contributed by atoms with Gasteiger partial charge in [-0.3, -0.25) is 5.43 Å². The van der Waals surface area contributed by atoms with Gasteiger partial charge in [0, 0.05) is 6.54 Å². The molecule has 0 saturated carbocycles. The highest BCUT2D eigenvalue weighted by Gasteiger charge is 2.10. The Morgan fingerprint density at radius 3 is 2.81 bits per heavy atom. The molecule has 1 aromatic rings. The summed E-state index contributed by atoms with van der Waals surface area (Å²) in [6, 6.07) is 3.77. The molecular weight excluding hydrogens is 354 g/mol. The highest BCUT2D eigenvalue weighted by molar-refractivity contribution is 9.10. The average molecular weight is 374 g/mol. The molecule has 1 rings (SSSR count). The summed E-state index contributed by atoms with van der Waals surface area (Å²) in [6.07, 6.45) is 2.60. The predicted molar refractivity (Wildman–Crippen MR) is 93.5 cm³/mol. The first-order valence-corrected chi connectivity index (χ1v) is 7.89. The number of thiocarbonyl (C=S) groups is 1. The van der Waals surface area contributed by atoms with Gasteiger partial charge in [0.25, 0.3) is 0 Å². The van der Waals surface area contributed by atoms with Crippen LogP contribution in [0.3, 0.4) is 0 Å². The molecule has 0 bridgehead atoms. The van der Waals surface area contributed by atoms with E-state index in [1.54, 1.807) is 13.3 Å². The van der Waals surface area contributed by atoms with Crippen LogP contribution in [0.4, 0.5) is 0 Å². The minimum absolute atomic E-state index is 0.489. The Morgan fingerprint density at radius 2 is 2.19 bits per heavy atom. The summed E-state index contributed by atoms with van der Waals surface area (Å²) in [6.45, 7) is 5.42. The van der Waals surface area contributed by atoms with E-state index in [1.165, 1.54) is 0 Å². The molecule has 7 heteroatoms. The quantitative estimate of drug-likeness (QED) is 0.437. The minimum atomic E-state index is 0.489. The molecule has 0 aliphatic carbocycles. The van der Waals surface area contributed by atoms with Crippen LogP contribution in [0.1, 0.15) is 25.8 Å². The number of nitrogens with zero attached hydrogens (tertiary/aromatic N) is 1. The molecule has 0 radical (unpaired) electrons. The van der Waals surface area contributed by atoms with E-state index in [1.807, 2.05) is 19.1 Å². The molecule has 2 N–H and O–H groups in total.